The molecule has 6 heteroatoms. The molecule has 0 aromatic heterocycles. The first-order valence-corrected chi connectivity index (χ1v) is 6.13. The molecule has 0 bridgehead atoms. The summed E-state index contributed by atoms with van der Waals surface area (Å²) in [7, 11) is 0. The van der Waals surface area contributed by atoms with Crippen molar-refractivity contribution in [3.05, 3.63) is 38.9 Å². The van der Waals surface area contributed by atoms with Gasteiger partial charge in [-0.2, -0.15) is 0 Å². The topological polar surface area (TPSA) is 63.5 Å². The Labute approximate surface area is 109 Å². The maximum absolute atomic E-state index is 12.2. The highest BCUT2D eigenvalue weighted by Gasteiger charge is 2.27. The van der Waals surface area contributed by atoms with Crippen molar-refractivity contribution >= 4 is 23.2 Å². The normalized spacial score (nSPS) is 19.0. The highest BCUT2D eigenvalue weighted by molar-refractivity contribution is 6.32. The van der Waals surface area contributed by atoms with Crippen molar-refractivity contribution < 1.29 is 9.72 Å². The zero-order valence-corrected chi connectivity index (χ0v) is 10.7. The summed E-state index contributed by atoms with van der Waals surface area (Å²) in [5.74, 6) is -0.167. The third-order valence-electron chi connectivity index (χ3n) is 3.20. The first-order chi connectivity index (χ1) is 8.50. The molecule has 0 radical (unpaired) electrons. The summed E-state index contributed by atoms with van der Waals surface area (Å²) in [6.07, 6.45) is 1.95. The lowest BCUT2D eigenvalue weighted by Crippen LogP contribution is -2.33. The summed E-state index contributed by atoms with van der Waals surface area (Å²) < 4.78 is 0. The fraction of sp³-hybridized carbons (Fsp3) is 0.417. The molecular weight excluding hydrogens is 256 g/mol. The van der Waals surface area contributed by atoms with Gasteiger partial charge in [-0.15, -0.1) is 0 Å². The van der Waals surface area contributed by atoms with E-state index < -0.39 is 4.92 Å². The number of halogens is 1. The van der Waals surface area contributed by atoms with Crippen LogP contribution in [0.15, 0.2) is 18.2 Å². The Kier molecular flexibility index (Phi) is 3.52. The van der Waals surface area contributed by atoms with E-state index in [0.29, 0.717) is 12.1 Å². The van der Waals surface area contributed by atoms with Gasteiger partial charge in [0.15, 0.2) is 0 Å². The molecule has 5 nitrogen and oxygen atoms in total. The summed E-state index contributed by atoms with van der Waals surface area (Å²) in [4.78, 5) is 24.1. The Hall–Kier alpha value is -1.62. The van der Waals surface area contributed by atoms with Crippen LogP contribution < -0.4 is 0 Å². The number of hydrogen-bond acceptors (Lipinski definition) is 3. The second kappa shape index (κ2) is 4.94. The Morgan fingerprint density at radius 1 is 1.56 bits per heavy atom. The van der Waals surface area contributed by atoms with Crippen LogP contribution in [0.3, 0.4) is 0 Å². The molecule has 0 aliphatic carbocycles. The number of nitrogens with zero attached hydrogens (tertiary/aromatic N) is 2. The summed E-state index contributed by atoms with van der Waals surface area (Å²) >= 11 is 5.72. The summed E-state index contributed by atoms with van der Waals surface area (Å²) in [6.45, 7) is 2.69. The Balaban J connectivity index is 2.31. The van der Waals surface area contributed by atoms with Gasteiger partial charge in [-0.05, 0) is 31.9 Å². The molecule has 1 heterocycles. The van der Waals surface area contributed by atoms with Crippen molar-refractivity contribution in [2.24, 2.45) is 0 Å². The number of nitro benzene ring substituents is 1. The van der Waals surface area contributed by atoms with E-state index in [-0.39, 0.29) is 22.7 Å². The fourth-order valence-electron chi connectivity index (χ4n) is 2.19. The van der Waals surface area contributed by atoms with E-state index in [1.54, 1.807) is 4.90 Å². The van der Waals surface area contributed by atoms with Crippen molar-refractivity contribution in [2.45, 2.75) is 25.8 Å². The van der Waals surface area contributed by atoms with Crippen LogP contribution in [-0.2, 0) is 0 Å². The van der Waals surface area contributed by atoms with E-state index in [1.807, 2.05) is 6.92 Å². The molecule has 1 aromatic rings. The van der Waals surface area contributed by atoms with E-state index in [1.165, 1.54) is 18.2 Å². The number of nitro groups is 1. The first-order valence-electron chi connectivity index (χ1n) is 5.75. The highest BCUT2D eigenvalue weighted by atomic mass is 35.5. The maximum atomic E-state index is 12.2. The van der Waals surface area contributed by atoms with Crippen molar-refractivity contribution in [3.8, 4) is 0 Å². The molecular formula is C12H13ClN2O3. The van der Waals surface area contributed by atoms with Crippen LogP contribution in [-0.4, -0.2) is 28.3 Å². The molecule has 18 heavy (non-hydrogen) atoms. The number of likely N-dealkylation sites (tertiary alicyclic amines) is 1. The number of amides is 1. The molecule has 2 rings (SSSR count). The van der Waals surface area contributed by atoms with Gasteiger partial charge in [-0.1, -0.05) is 11.6 Å². The van der Waals surface area contributed by atoms with E-state index >= 15 is 0 Å². The van der Waals surface area contributed by atoms with Gasteiger partial charge in [-0.3, -0.25) is 14.9 Å². The molecule has 1 atom stereocenters. The van der Waals surface area contributed by atoms with Crippen LogP contribution in [0, 0.1) is 10.1 Å². The lowest BCUT2D eigenvalue weighted by Gasteiger charge is -2.21. The van der Waals surface area contributed by atoms with Gasteiger partial charge in [0.2, 0.25) is 0 Å². The third-order valence-corrected chi connectivity index (χ3v) is 3.52. The second-order valence-corrected chi connectivity index (χ2v) is 4.82. The standard InChI is InChI=1S/C12H13ClN2O3/c1-8-3-2-6-14(8)12(16)9-4-5-10(13)11(7-9)15(17)18/h4-5,7-8H,2-3,6H2,1H3. The maximum Gasteiger partial charge on any atom is 0.288 e. The average molecular weight is 269 g/mol. The minimum atomic E-state index is -0.577. The number of carbonyl (C=O) groups is 1. The van der Waals surface area contributed by atoms with Crippen LogP contribution >= 0.6 is 11.6 Å². The lowest BCUT2D eigenvalue weighted by atomic mass is 10.1. The quantitative estimate of drug-likeness (QED) is 0.612. The Morgan fingerprint density at radius 2 is 2.28 bits per heavy atom. The zero-order valence-electron chi connectivity index (χ0n) is 9.93. The highest BCUT2D eigenvalue weighted by Crippen LogP contribution is 2.27. The predicted octanol–water partition coefficient (Wildman–Crippen LogP) is 2.87. The molecule has 1 fully saturated rings. The van der Waals surface area contributed by atoms with Crippen LogP contribution in [0.1, 0.15) is 30.1 Å². The Morgan fingerprint density at radius 3 is 2.83 bits per heavy atom. The van der Waals surface area contributed by atoms with Crippen molar-refractivity contribution in [1.82, 2.24) is 4.90 Å². The SMILES string of the molecule is CC1CCCN1C(=O)c1ccc(Cl)c([N+](=O)[O-])c1. The van der Waals surface area contributed by atoms with Crippen LogP contribution in [0.4, 0.5) is 5.69 Å². The lowest BCUT2D eigenvalue weighted by molar-refractivity contribution is -0.384. The van der Waals surface area contributed by atoms with Gasteiger partial charge >= 0.3 is 0 Å². The Bertz CT molecular complexity index is 504. The number of rotatable bonds is 2. The summed E-state index contributed by atoms with van der Waals surface area (Å²) in [5, 5.41) is 10.8. The van der Waals surface area contributed by atoms with Crippen LogP contribution in [0.5, 0.6) is 0 Å². The van der Waals surface area contributed by atoms with Crippen molar-refractivity contribution in [3.63, 3.8) is 0 Å². The molecule has 1 aromatic carbocycles. The van der Waals surface area contributed by atoms with Gasteiger partial charge < -0.3 is 4.90 Å². The molecule has 1 aliphatic rings. The number of hydrogen-bond donors (Lipinski definition) is 0. The van der Waals surface area contributed by atoms with Crippen molar-refractivity contribution in [1.29, 1.82) is 0 Å². The van der Waals surface area contributed by atoms with Crippen LogP contribution in [0.25, 0.3) is 0 Å². The van der Waals surface area contributed by atoms with Gasteiger partial charge in [-0.25, -0.2) is 0 Å². The largest absolute Gasteiger partial charge is 0.336 e. The summed E-state index contributed by atoms with van der Waals surface area (Å²) in [6, 6.07) is 4.36. The fourth-order valence-corrected chi connectivity index (χ4v) is 2.37. The monoisotopic (exact) mass is 268 g/mol. The van der Waals surface area contributed by atoms with E-state index in [9.17, 15) is 14.9 Å². The third kappa shape index (κ3) is 2.31. The summed E-state index contributed by atoms with van der Waals surface area (Å²) in [5.41, 5.74) is 0.0919. The molecule has 1 amide bonds. The molecule has 96 valence electrons. The van der Waals surface area contributed by atoms with Crippen LogP contribution in [0.2, 0.25) is 5.02 Å². The van der Waals surface area contributed by atoms with E-state index in [2.05, 4.69) is 0 Å². The van der Waals surface area contributed by atoms with Gasteiger partial charge in [0, 0.05) is 24.2 Å². The number of carbonyl (C=O) groups excluding carboxylic acids is 1. The molecule has 1 saturated heterocycles. The molecule has 1 aliphatic heterocycles. The average Bonchev–Trinajstić information content (AvgIpc) is 2.75. The van der Waals surface area contributed by atoms with Crippen molar-refractivity contribution in [2.75, 3.05) is 6.54 Å². The van der Waals surface area contributed by atoms with Gasteiger partial charge in [0.25, 0.3) is 11.6 Å². The second-order valence-electron chi connectivity index (χ2n) is 4.41. The molecule has 0 saturated carbocycles. The molecule has 0 N–H and O–H groups in total. The molecule has 0 spiro atoms. The minimum absolute atomic E-state index is 0.0472. The zero-order chi connectivity index (χ0) is 13.3. The van der Waals surface area contributed by atoms with Gasteiger partial charge in [0.05, 0.1) is 4.92 Å². The first kappa shape index (κ1) is 12.8. The van der Waals surface area contributed by atoms with E-state index in [0.717, 1.165) is 12.8 Å². The van der Waals surface area contributed by atoms with Gasteiger partial charge in [0.1, 0.15) is 5.02 Å². The smallest absolute Gasteiger partial charge is 0.288 e. The minimum Gasteiger partial charge on any atom is -0.336 e. The number of benzene rings is 1. The molecule has 1 unspecified atom stereocenters. The van der Waals surface area contributed by atoms with E-state index in [4.69, 9.17) is 11.6 Å². The predicted molar refractivity (Wildman–Crippen MR) is 67.8 cm³/mol.